The Hall–Kier alpha value is -5.28. The third kappa shape index (κ3) is 6.01. The molecule has 1 aromatic heterocycles. The summed E-state index contributed by atoms with van der Waals surface area (Å²) in [6.45, 7) is -0.799. The van der Waals surface area contributed by atoms with Crippen molar-refractivity contribution >= 4 is 23.0 Å². The van der Waals surface area contributed by atoms with E-state index in [1.54, 1.807) is 0 Å². The molecule has 0 spiro atoms. The van der Waals surface area contributed by atoms with Gasteiger partial charge in [0, 0.05) is 23.8 Å². The van der Waals surface area contributed by atoms with Gasteiger partial charge in [-0.15, -0.1) is 0 Å². The number of phenols is 4. The Bertz CT molecular complexity index is 1820. The van der Waals surface area contributed by atoms with E-state index in [1.807, 2.05) is 0 Å². The van der Waals surface area contributed by atoms with Gasteiger partial charge in [0.05, 0.1) is 26.4 Å². The maximum absolute atomic E-state index is 13.2. The molecule has 0 radical (unpaired) electrons. The molecule has 7 N–H and O–H groups in total. The van der Waals surface area contributed by atoms with Crippen molar-refractivity contribution in [3.63, 3.8) is 0 Å². The molecule has 1 saturated heterocycles. The number of aliphatic hydroxyl groups is 3. The molecular formula is C32H30O14. The highest BCUT2D eigenvalue weighted by Crippen LogP contribution is 2.45. The number of fused-ring (bicyclic) bond motifs is 1. The van der Waals surface area contributed by atoms with Gasteiger partial charge in [-0.1, -0.05) is 0 Å². The molecule has 0 amide bonds. The molecule has 5 atom stereocenters. The number of rotatable bonds is 8. The Morgan fingerprint density at radius 1 is 0.913 bits per heavy atom. The Kier molecular flexibility index (Phi) is 9.07. The highest BCUT2D eigenvalue weighted by atomic mass is 16.6. The summed E-state index contributed by atoms with van der Waals surface area (Å²) >= 11 is 0. The van der Waals surface area contributed by atoms with Crippen LogP contribution >= 0.6 is 0 Å². The average molecular weight is 639 g/mol. The average Bonchev–Trinajstić information content (AvgIpc) is 3.03. The van der Waals surface area contributed by atoms with Crippen LogP contribution in [0.3, 0.4) is 0 Å². The van der Waals surface area contributed by atoms with Crippen LogP contribution in [0.5, 0.6) is 34.5 Å². The van der Waals surface area contributed by atoms with E-state index in [0.717, 1.165) is 18.2 Å². The van der Waals surface area contributed by atoms with Crippen LogP contribution < -0.4 is 14.9 Å². The van der Waals surface area contributed by atoms with Crippen LogP contribution in [0, 0.1) is 0 Å². The van der Waals surface area contributed by atoms with Gasteiger partial charge in [-0.05, 0) is 48.0 Å². The van der Waals surface area contributed by atoms with E-state index in [-0.39, 0.29) is 39.7 Å². The van der Waals surface area contributed by atoms with E-state index < -0.39 is 65.6 Å². The van der Waals surface area contributed by atoms with Crippen molar-refractivity contribution in [2.45, 2.75) is 30.5 Å². The zero-order chi connectivity index (χ0) is 33.3. The summed E-state index contributed by atoms with van der Waals surface area (Å²) in [7, 11) is 2.64. The smallest absolute Gasteiger partial charge is 0.331 e. The molecule has 0 saturated carbocycles. The fourth-order valence-electron chi connectivity index (χ4n) is 5.16. The molecule has 3 aromatic carbocycles. The van der Waals surface area contributed by atoms with E-state index in [0.29, 0.717) is 11.1 Å². The number of ether oxygens (including phenoxy) is 4. The minimum Gasteiger partial charge on any atom is -0.508 e. The summed E-state index contributed by atoms with van der Waals surface area (Å²) in [5, 5.41) is 72.9. The van der Waals surface area contributed by atoms with Gasteiger partial charge in [0.2, 0.25) is 5.75 Å². The van der Waals surface area contributed by atoms with E-state index in [4.69, 9.17) is 23.4 Å². The fourth-order valence-corrected chi connectivity index (χ4v) is 5.16. The summed E-state index contributed by atoms with van der Waals surface area (Å²) in [5.41, 5.74) is -0.655. The Morgan fingerprint density at radius 2 is 1.57 bits per heavy atom. The molecule has 242 valence electrons. The normalized spacial score (nSPS) is 21.4. The van der Waals surface area contributed by atoms with Crippen LogP contribution in [-0.2, 0) is 14.3 Å². The molecule has 4 aromatic rings. The molecule has 1 fully saturated rings. The van der Waals surface area contributed by atoms with Crippen LogP contribution in [0.4, 0.5) is 0 Å². The summed E-state index contributed by atoms with van der Waals surface area (Å²) < 4.78 is 27.1. The molecule has 1 aliphatic rings. The third-order valence-electron chi connectivity index (χ3n) is 7.48. The lowest BCUT2D eigenvalue weighted by Gasteiger charge is -2.42. The Balaban J connectivity index is 1.52. The molecule has 14 heteroatoms. The number of carbonyl (C=O) groups is 1. The predicted octanol–water partition coefficient (Wildman–Crippen LogP) is 2.08. The highest BCUT2D eigenvalue weighted by molar-refractivity contribution is 5.89. The lowest BCUT2D eigenvalue weighted by atomic mass is 9.89. The first-order valence-electron chi connectivity index (χ1n) is 13.8. The summed E-state index contributed by atoms with van der Waals surface area (Å²) in [4.78, 5) is 26.1. The molecule has 46 heavy (non-hydrogen) atoms. The van der Waals surface area contributed by atoms with Gasteiger partial charge in [-0.3, -0.25) is 4.79 Å². The molecule has 5 rings (SSSR count). The van der Waals surface area contributed by atoms with E-state index in [9.17, 15) is 45.3 Å². The largest absolute Gasteiger partial charge is 0.508 e. The van der Waals surface area contributed by atoms with Crippen LogP contribution in [0.2, 0.25) is 0 Å². The third-order valence-corrected chi connectivity index (χ3v) is 7.48. The zero-order valence-corrected chi connectivity index (χ0v) is 24.4. The molecule has 1 aliphatic heterocycles. The van der Waals surface area contributed by atoms with Crippen molar-refractivity contribution in [2.75, 3.05) is 20.8 Å². The number of aliphatic hydroxyl groups excluding tert-OH is 3. The van der Waals surface area contributed by atoms with E-state index in [2.05, 4.69) is 0 Å². The lowest BCUT2D eigenvalue weighted by molar-refractivity contribution is -0.240. The maximum atomic E-state index is 13.2. The van der Waals surface area contributed by atoms with E-state index in [1.165, 1.54) is 56.7 Å². The first-order chi connectivity index (χ1) is 22.0. The summed E-state index contributed by atoms with van der Waals surface area (Å²) in [5.74, 6) is -2.64. The quantitative estimate of drug-likeness (QED) is 0.108. The van der Waals surface area contributed by atoms with Crippen molar-refractivity contribution in [2.24, 2.45) is 0 Å². The Morgan fingerprint density at radius 3 is 2.17 bits per heavy atom. The number of phenolic OH excluding ortho intramolecular Hbond substituents is 4. The van der Waals surface area contributed by atoms with Crippen molar-refractivity contribution in [1.29, 1.82) is 0 Å². The number of esters is 1. The van der Waals surface area contributed by atoms with Crippen molar-refractivity contribution < 1.29 is 63.9 Å². The topological polar surface area (TPSA) is 226 Å². The number of aromatic hydroxyl groups is 4. The molecular weight excluding hydrogens is 608 g/mol. The molecule has 0 aliphatic carbocycles. The van der Waals surface area contributed by atoms with Crippen LogP contribution in [0.1, 0.15) is 17.2 Å². The van der Waals surface area contributed by atoms with Crippen LogP contribution in [0.25, 0.3) is 28.4 Å². The van der Waals surface area contributed by atoms with Gasteiger partial charge in [0.25, 0.3) is 0 Å². The second-order valence-corrected chi connectivity index (χ2v) is 10.3. The standard InChI is InChI=1S/C32H30O14/c1-42-21-9-14(10-22(43-2)27(21)38)3-8-24(37)46-32-30(41)28(39)23(13-33)45-31(32)26-18(36)12-20-25(29(26)40)17(35)11-19(44-20)15-4-6-16(34)7-5-15/h3-12,23,28,30-34,36,38-41H,13H2,1-2H3/b8-3+/t23-,28-,30+,31+,32-/m1/s1. The van der Waals surface area contributed by atoms with Crippen molar-refractivity contribution in [1.82, 2.24) is 0 Å². The van der Waals surface area contributed by atoms with Gasteiger partial charge in [-0.2, -0.15) is 0 Å². The summed E-state index contributed by atoms with van der Waals surface area (Å²) in [6, 6.07) is 10.7. The predicted molar refractivity (Wildman–Crippen MR) is 160 cm³/mol. The molecule has 0 unspecified atom stereocenters. The van der Waals surface area contributed by atoms with Gasteiger partial charge >= 0.3 is 5.97 Å². The second-order valence-electron chi connectivity index (χ2n) is 10.3. The lowest BCUT2D eigenvalue weighted by Crippen LogP contribution is -2.56. The number of carbonyl (C=O) groups excluding carboxylic acids is 1. The number of hydrogen-bond donors (Lipinski definition) is 7. The number of hydrogen-bond acceptors (Lipinski definition) is 14. The second kappa shape index (κ2) is 13.0. The molecule has 14 nitrogen and oxygen atoms in total. The minimum atomic E-state index is -1.88. The zero-order valence-electron chi connectivity index (χ0n) is 24.4. The number of methoxy groups -OCH3 is 2. The minimum absolute atomic E-state index is 0.0145. The fraction of sp³-hybridized carbons (Fsp3) is 0.250. The first kappa shape index (κ1) is 32.1. The van der Waals surface area contributed by atoms with Crippen molar-refractivity contribution in [3.05, 3.63) is 76.0 Å². The summed E-state index contributed by atoms with van der Waals surface area (Å²) in [6.07, 6.45) is -6.29. The highest BCUT2D eigenvalue weighted by Gasteiger charge is 2.49. The van der Waals surface area contributed by atoms with Gasteiger partial charge in [-0.25, -0.2) is 4.79 Å². The monoisotopic (exact) mass is 638 g/mol. The van der Waals surface area contributed by atoms with Gasteiger partial charge in [0.15, 0.2) is 23.0 Å². The van der Waals surface area contributed by atoms with Crippen LogP contribution in [0.15, 0.2) is 63.8 Å². The number of benzene rings is 3. The van der Waals surface area contributed by atoms with Gasteiger partial charge < -0.3 is 59.1 Å². The van der Waals surface area contributed by atoms with Crippen LogP contribution in [-0.4, -0.2) is 87.0 Å². The molecule has 0 bridgehead atoms. The SMILES string of the molecule is COc1cc(/C=C/C(=O)O[C@@H]2[C@@H](O)[C@H](O)[C@@H](CO)O[C@H]2c2c(O)cc3oc(-c4ccc(O)cc4)cc(=O)c3c2O)cc(OC)c1O. The van der Waals surface area contributed by atoms with Gasteiger partial charge in [0.1, 0.15) is 58.4 Å². The first-order valence-corrected chi connectivity index (χ1v) is 13.8. The molecule has 2 heterocycles. The maximum Gasteiger partial charge on any atom is 0.331 e. The van der Waals surface area contributed by atoms with Crippen molar-refractivity contribution in [3.8, 4) is 45.8 Å². The van der Waals surface area contributed by atoms with E-state index >= 15 is 0 Å². The Labute approximate surface area is 260 Å².